The van der Waals surface area contributed by atoms with Crippen LogP contribution in [0.1, 0.15) is 61.9 Å². The summed E-state index contributed by atoms with van der Waals surface area (Å²) in [6, 6.07) is 8.70. The van der Waals surface area contributed by atoms with E-state index in [1.54, 1.807) is 11.0 Å². The Bertz CT molecular complexity index is 907. The third kappa shape index (κ3) is 5.10. The third-order valence-electron chi connectivity index (χ3n) is 4.57. The summed E-state index contributed by atoms with van der Waals surface area (Å²) in [5.74, 6) is -0.687. The van der Waals surface area contributed by atoms with Crippen molar-refractivity contribution in [3.05, 3.63) is 59.2 Å². The number of halogens is 1. The number of carbonyl (C=O) groups is 2. The van der Waals surface area contributed by atoms with Gasteiger partial charge >= 0.3 is 6.09 Å². The van der Waals surface area contributed by atoms with Crippen molar-refractivity contribution in [3.8, 4) is 0 Å². The van der Waals surface area contributed by atoms with Gasteiger partial charge in [-0.05, 0) is 76.9 Å². The van der Waals surface area contributed by atoms with Gasteiger partial charge in [0.15, 0.2) is 0 Å². The van der Waals surface area contributed by atoms with Gasteiger partial charge in [0.2, 0.25) is 0 Å². The number of anilines is 1. The lowest BCUT2D eigenvalue weighted by Gasteiger charge is -2.31. The number of nitrogens with one attached hydrogen (secondary N) is 1. The van der Waals surface area contributed by atoms with E-state index in [0.717, 1.165) is 24.2 Å². The van der Waals surface area contributed by atoms with Crippen molar-refractivity contribution in [1.29, 1.82) is 0 Å². The maximum atomic E-state index is 13.0. The first kappa shape index (κ1) is 20.8. The number of nitrogens with zero attached hydrogens (tertiary/aromatic N) is 2. The highest BCUT2D eigenvalue weighted by Crippen LogP contribution is 2.29. The van der Waals surface area contributed by atoms with E-state index in [2.05, 4.69) is 10.3 Å². The first-order chi connectivity index (χ1) is 13.6. The Morgan fingerprint density at radius 1 is 1.17 bits per heavy atom. The minimum Gasteiger partial charge on any atom is -0.443 e. The molecular formula is C22H26FN3O3. The number of benzene rings is 1. The summed E-state index contributed by atoms with van der Waals surface area (Å²) in [5.41, 5.74) is 2.06. The zero-order valence-electron chi connectivity index (χ0n) is 17.2. The van der Waals surface area contributed by atoms with Crippen molar-refractivity contribution in [3.63, 3.8) is 0 Å². The summed E-state index contributed by atoms with van der Waals surface area (Å²) in [6.07, 6.45) is 1.16. The van der Waals surface area contributed by atoms with Crippen LogP contribution in [-0.2, 0) is 11.2 Å². The topological polar surface area (TPSA) is 71.5 Å². The van der Waals surface area contributed by atoms with Gasteiger partial charge in [0, 0.05) is 12.1 Å². The maximum absolute atomic E-state index is 13.0. The number of hydrogen-bond donors (Lipinski definition) is 1. The Morgan fingerprint density at radius 3 is 2.52 bits per heavy atom. The standard InChI is InChI=1S/C22H26FN3O3/c1-14(24-20(27)15-7-9-16(23)10-8-15)17-11-12-19-18(25-17)6-5-13-26(19)21(28)29-22(2,3)4/h7-12,14H,5-6,13H2,1-4H3,(H,24,27). The lowest BCUT2D eigenvalue weighted by molar-refractivity contribution is 0.0577. The van der Waals surface area contributed by atoms with Gasteiger partial charge < -0.3 is 10.1 Å². The third-order valence-corrected chi connectivity index (χ3v) is 4.57. The number of carbonyl (C=O) groups excluding carboxylic acids is 2. The van der Waals surface area contributed by atoms with Crippen molar-refractivity contribution in [2.45, 2.75) is 52.2 Å². The average Bonchev–Trinajstić information content (AvgIpc) is 2.66. The number of rotatable bonds is 3. The van der Waals surface area contributed by atoms with E-state index in [-0.39, 0.29) is 23.9 Å². The van der Waals surface area contributed by atoms with Crippen molar-refractivity contribution < 1.29 is 18.7 Å². The lowest BCUT2D eigenvalue weighted by atomic mass is 10.1. The van der Waals surface area contributed by atoms with Crippen LogP contribution in [0.2, 0.25) is 0 Å². The molecule has 1 aliphatic heterocycles. The van der Waals surface area contributed by atoms with Crippen molar-refractivity contribution in [2.75, 3.05) is 11.4 Å². The molecule has 1 aliphatic rings. The zero-order chi connectivity index (χ0) is 21.2. The van der Waals surface area contributed by atoms with Crippen LogP contribution in [0.25, 0.3) is 0 Å². The summed E-state index contributed by atoms with van der Waals surface area (Å²) in [4.78, 5) is 31.2. The second-order valence-corrected chi connectivity index (χ2v) is 8.14. The quantitative estimate of drug-likeness (QED) is 0.830. The smallest absolute Gasteiger partial charge is 0.414 e. The summed E-state index contributed by atoms with van der Waals surface area (Å²) in [6.45, 7) is 7.93. The molecule has 0 radical (unpaired) electrons. The molecule has 29 heavy (non-hydrogen) atoms. The van der Waals surface area contributed by atoms with Gasteiger partial charge in [-0.2, -0.15) is 0 Å². The van der Waals surface area contributed by atoms with Gasteiger partial charge in [0.05, 0.1) is 23.1 Å². The largest absolute Gasteiger partial charge is 0.443 e. The molecule has 1 aromatic carbocycles. The maximum Gasteiger partial charge on any atom is 0.414 e. The molecule has 2 aromatic rings. The Kier molecular flexibility index (Phi) is 5.86. The van der Waals surface area contributed by atoms with Crippen LogP contribution in [0.15, 0.2) is 36.4 Å². The Balaban J connectivity index is 1.74. The number of amides is 2. The van der Waals surface area contributed by atoms with Gasteiger partial charge in [0.1, 0.15) is 11.4 Å². The predicted octanol–water partition coefficient (Wildman–Crippen LogP) is 4.40. The van der Waals surface area contributed by atoms with Crippen LogP contribution in [0.5, 0.6) is 0 Å². The highest BCUT2D eigenvalue weighted by atomic mass is 19.1. The predicted molar refractivity (Wildman–Crippen MR) is 108 cm³/mol. The molecule has 6 nitrogen and oxygen atoms in total. The Labute approximate surface area is 170 Å². The van der Waals surface area contributed by atoms with Crippen LogP contribution in [0.3, 0.4) is 0 Å². The molecule has 0 saturated heterocycles. The lowest BCUT2D eigenvalue weighted by Crippen LogP contribution is -2.40. The summed E-state index contributed by atoms with van der Waals surface area (Å²) < 4.78 is 18.5. The fourth-order valence-corrected chi connectivity index (χ4v) is 3.17. The van der Waals surface area contributed by atoms with Gasteiger partial charge in [-0.1, -0.05) is 0 Å². The van der Waals surface area contributed by atoms with E-state index in [1.165, 1.54) is 24.3 Å². The molecule has 0 saturated carbocycles. The molecule has 1 unspecified atom stereocenters. The Morgan fingerprint density at radius 2 is 1.86 bits per heavy atom. The van der Waals surface area contributed by atoms with Crippen molar-refractivity contribution in [2.24, 2.45) is 0 Å². The van der Waals surface area contributed by atoms with E-state index in [4.69, 9.17) is 4.74 Å². The fraction of sp³-hybridized carbons (Fsp3) is 0.409. The fourth-order valence-electron chi connectivity index (χ4n) is 3.17. The number of pyridine rings is 1. The minimum absolute atomic E-state index is 0.299. The SMILES string of the molecule is CC(NC(=O)c1ccc(F)cc1)c1ccc2c(n1)CCCN2C(=O)OC(C)(C)C. The van der Waals surface area contributed by atoms with Gasteiger partial charge in [-0.15, -0.1) is 0 Å². The van der Waals surface area contributed by atoms with Gasteiger partial charge in [-0.25, -0.2) is 9.18 Å². The molecule has 3 rings (SSSR count). The molecule has 1 N–H and O–H groups in total. The first-order valence-electron chi connectivity index (χ1n) is 9.71. The molecule has 7 heteroatoms. The second kappa shape index (κ2) is 8.19. The van der Waals surface area contributed by atoms with Crippen LogP contribution in [0, 0.1) is 5.82 Å². The van der Waals surface area contributed by atoms with E-state index >= 15 is 0 Å². The molecule has 1 aromatic heterocycles. The van der Waals surface area contributed by atoms with Crippen LogP contribution >= 0.6 is 0 Å². The van der Waals surface area contributed by atoms with E-state index in [1.807, 2.05) is 33.8 Å². The number of hydrogen-bond acceptors (Lipinski definition) is 4. The van der Waals surface area contributed by atoms with Crippen LogP contribution in [0.4, 0.5) is 14.9 Å². The van der Waals surface area contributed by atoms with Crippen molar-refractivity contribution in [1.82, 2.24) is 10.3 Å². The molecule has 0 fully saturated rings. The van der Waals surface area contributed by atoms with E-state index < -0.39 is 5.60 Å². The average molecular weight is 399 g/mol. The summed E-state index contributed by atoms with van der Waals surface area (Å²) in [5, 5.41) is 2.87. The number of aryl methyl sites for hydroxylation is 1. The monoisotopic (exact) mass is 399 g/mol. The minimum atomic E-state index is -0.568. The molecule has 2 heterocycles. The van der Waals surface area contributed by atoms with Crippen LogP contribution in [-0.4, -0.2) is 29.1 Å². The zero-order valence-corrected chi connectivity index (χ0v) is 17.2. The first-order valence-corrected chi connectivity index (χ1v) is 9.71. The van der Waals surface area contributed by atoms with Crippen LogP contribution < -0.4 is 10.2 Å². The van der Waals surface area contributed by atoms with E-state index in [0.29, 0.717) is 17.8 Å². The van der Waals surface area contributed by atoms with Crippen molar-refractivity contribution >= 4 is 17.7 Å². The number of fused-ring (bicyclic) bond motifs is 1. The molecule has 154 valence electrons. The summed E-state index contributed by atoms with van der Waals surface area (Å²) >= 11 is 0. The highest BCUT2D eigenvalue weighted by molar-refractivity contribution is 5.94. The molecule has 0 aliphatic carbocycles. The Hall–Kier alpha value is -2.96. The highest BCUT2D eigenvalue weighted by Gasteiger charge is 2.28. The molecular weight excluding hydrogens is 373 g/mol. The molecule has 1 atom stereocenters. The van der Waals surface area contributed by atoms with Gasteiger partial charge in [-0.3, -0.25) is 14.7 Å². The molecule has 0 bridgehead atoms. The molecule has 2 amide bonds. The second-order valence-electron chi connectivity index (χ2n) is 8.14. The number of aromatic nitrogens is 1. The summed E-state index contributed by atoms with van der Waals surface area (Å²) in [7, 11) is 0. The normalized spacial score (nSPS) is 14.7. The van der Waals surface area contributed by atoms with E-state index in [9.17, 15) is 14.0 Å². The number of ether oxygens (including phenoxy) is 1. The molecule has 0 spiro atoms. The van der Waals surface area contributed by atoms with Gasteiger partial charge in [0.25, 0.3) is 5.91 Å².